The smallest absolute Gasteiger partial charge is 0.353 e. The SMILES string of the molecule is Cl.Cl.NCCCON=C(C(=O)NC1C(=O)N2C(C(=O)O)=C(Cl)CS[C@H]12)c1csc(N)n1. The lowest BCUT2D eigenvalue weighted by Crippen LogP contribution is -2.71. The van der Waals surface area contributed by atoms with Gasteiger partial charge in [0, 0.05) is 11.1 Å². The molecule has 6 N–H and O–H groups in total. The van der Waals surface area contributed by atoms with E-state index in [1.807, 2.05) is 0 Å². The number of nitrogen functional groups attached to an aromatic ring is 1. The quantitative estimate of drug-likeness (QED) is 0.161. The van der Waals surface area contributed by atoms with Gasteiger partial charge in [-0.3, -0.25) is 14.5 Å². The summed E-state index contributed by atoms with van der Waals surface area (Å²) in [7, 11) is 0. The van der Waals surface area contributed by atoms with Gasteiger partial charge in [0.25, 0.3) is 11.8 Å². The molecule has 16 heteroatoms. The van der Waals surface area contributed by atoms with Gasteiger partial charge >= 0.3 is 5.97 Å². The van der Waals surface area contributed by atoms with E-state index in [2.05, 4.69) is 15.5 Å². The first kappa shape index (κ1) is 27.3. The van der Waals surface area contributed by atoms with E-state index in [0.29, 0.717) is 13.0 Å². The fourth-order valence-electron chi connectivity index (χ4n) is 2.65. The minimum atomic E-state index is -1.30. The highest BCUT2D eigenvalue weighted by atomic mass is 35.5. The summed E-state index contributed by atoms with van der Waals surface area (Å²) in [5.74, 6) is -2.35. The number of aromatic nitrogens is 1. The molecule has 0 bridgehead atoms. The van der Waals surface area contributed by atoms with Crippen LogP contribution in [-0.4, -0.2) is 68.8 Å². The minimum absolute atomic E-state index is 0. The van der Waals surface area contributed by atoms with Crippen molar-refractivity contribution < 1.29 is 24.3 Å². The Labute approximate surface area is 202 Å². The number of fused-ring (bicyclic) bond motifs is 1. The highest BCUT2D eigenvalue weighted by Gasteiger charge is 2.54. The normalized spacial score (nSPS) is 20.1. The van der Waals surface area contributed by atoms with Crippen molar-refractivity contribution in [2.75, 3.05) is 24.6 Å². The molecule has 3 rings (SSSR count). The van der Waals surface area contributed by atoms with Crippen molar-refractivity contribution in [2.24, 2.45) is 10.9 Å². The summed E-state index contributed by atoms with van der Waals surface area (Å²) < 4.78 is 0. The number of carbonyl (C=O) groups excluding carboxylic acids is 2. The third-order valence-corrected chi connectivity index (χ3v) is 6.41. The number of halogens is 3. The Morgan fingerprint density at radius 2 is 2.16 bits per heavy atom. The highest BCUT2D eigenvalue weighted by molar-refractivity contribution is 8.00. The van der Waals surface area contributed by atoms with E-state index in [4.69, 9.17) is 27.9 Å². The number of nitrogens with two attached hydrogens (primary N) is 2. The summed E-state index contributed by atoms with van der Waals surface area (Å²) in [5.41, 5.74) is 10.8. The second-order valence-corrected chi connectivity index (χ2v) is 8.36. The molecule has 0 aromatic carbocycles. The number of rotatable bonds is 8. The van der Waals surface area contributed by atoms with Gasteiger partial charge in [-0.25, -0.2) is 9.78 Å². The van der Waals surface area contributed by atoms with E-state index >= 15 is 0 Å². The molecule has 2 atom stereocenters. The van der Waals surface area contributed by atoms with Crippen molar-refractivity contribution in [1.82, 2.24) is 15.2 Å². The largest absolute Gasteiger partial charge is 0.477 e. The predicted molar refractivity (Wildman–Crippen MR) is 123 cm³/mol. The van der Waals surface area contributed by atoms with Crippen LogP contribution in [0.1, 0.15) is 12.1 Å². The fourth-order valence-corrected chi connectivity index (χ4v) is 4.75. The van der Waals surface area contributed by atoms with Gasteiger partial charge in [-0.1, -0.05) is 16.8 Å². The summed E-state index contributed by atoms with van der Waals surface area (Å²) >= 11 is 8.31. The first-order chi connectivity index (χ1) is 13.8. The number of β-lactam (4-membered cyclic amide) rings is 1. The number of hydrogen-bond acceptors (Lipinski definition) is 10. The lowest BCUT2D eigenvalue weighted by atomic mass is 10.0. The van der Waals surface area contributed by atoms with Gasteiger partial charge in [-0.2, -0.15) is 0 Å². The number of thiazole rings is 1. The van der Waals surface area contributed by atoms with Crippen molar-refractivity contribution in [3.63, 3.8) is 0 Å². The minimum Gasteiger partial charge on any atom is -0.477 e. The van der Waals surface area contributed by atoms with Crippen LogP contribution in [0.3, 0.4) is 0 Å². The maximum absolute atomic E-state index is 12.8. The maximum atomic E-state index is 12.8. The molecule has 1 fully saturated rings. The molecule has 1 saturated heterocycles. The van der Waals surface area contributed by atoms with Gasteiger partial charge < -0.3 is 26.7 Å². The molecular formula is C15H19Cl3N6O5S2. The number of aliphatic carboxylic acids is 1. The summed E-state index contributed by atoms with van der Waals surface area (Å²) in [6.07, 6.45) is 0.539. The molecule has 0 saturated carbocycles. The van der Waals surface area contributed by atoms with Crippen molar-refractivity contribution >= 4 is 88.1 Å². The van der Waals surface area contributed by atoms with Crippen LogP contribution in [-0.2, 0) is 19.2 Å². The number of nitrogens with one attached hydrogen (secondary N) is 1. The van der Waals surface area contributed by atoms with Gasteiger partial charge in [0.1, 0.15) is 29.4 Å². The van der Waals surface area contributed by atoms with Gasteiger partial charge in [-0.05, 0) is 13.0 Å². The molecular weight excluding hydrogens is 515 g/mol. The molecule has 11 nitrogen and oxygen atoms in total. The summed E-state index contributed by atoms with van der Waals surface area (Å²) in [4.78, 5) is 46.9. The van der Waals surface area contributed by atoms with E-state index in [0.717, 1.165) is 16.2 Å². The van der Waals surface area contributed by atoms with Crippen molar-refractivity contribution in [3.05, 3.63) is 21.8 Å². The molecule has 0 spiro atoms. The molecule has 0 aliphatic carbocycles. The number of carboxylic acids is 1. The summed E-state index contributed by atoms with van der Waals surface area (Å²) in [5, 5.41) is 17.0. The number of nitrogens with zero attached hydrogens (tertiary/aromatic N) is 3. The van der Waals surface area contributed by atoms with Gasteiger partial charge in [0.2, 0.25) is 0 Å². The Kier molecular flexibility index (Phi) is 10.3. The van der Waals surface area contributed by atoms with Gasteiger partial charge in [0.05, 0.1) is 5.03 Å². The van der Waals surface area contributed by atoms with E-state index < -0.39 is 29.2 Å². The monoisotopic (exact) mass is 532 g/mol. The van der Waals surface area contributed by atoms with E-state index in [-0.39, 0.29) is 64.4 Å². The third-order valence-electron chi connectivity index (χ3n) is 3.99. The van der Waals surface area contributed by atoms with Crippen molar-refractivity contribution in [3.8, 4) is 0 Å². The number of oxime groups is 1. The molecule has 1 aromatic rings. The average molecular weight is 534 g/mol. The number of amides is 2. The Hall–Kier alpha value is -1.77. The maximum Gasteiger partial charge on any atom is 0.353 e. The molecule has 1 aromatic heterocycles. The lowest BCUT2D eigenvalue weighted by Gasteiger charge is -2.48. The van der Waals surface area contributed by atoms with E-state index in [1.165, 1.54) is 17.1 Å². The number of carboxylic acid groups (broad SMARTS) is 1. The summed E-state index contributed by atoms with van der Waals surface area (Å²) in [6.45, 7) is 0.598. The zero-order valence-corrected chi connectivity index (χ0v) is 19.7. The fraction of sp³-hybridized carbons (Fsp3) is 0.400. The van der Waals surface area contributed by atoms with Gasteiger partial charge in [-0.15, -0.1) is 47.9 Å². The predicted octanol–water partition coefficient (Wildman–Crippen LogP) is 0.573. The first-order valence-corrected chi connectivity index (χ1v) is 10.6. The van der Waals surface area contributed by atoms with Crippen LogP contribution >= 0.6 is 59.5 Å². The highest BCUT2D eigenvalue weighted by Crippen LogP contribution is 2.41. The Bertz CT molecular complexity index is 911. The molecule has 2 aliphatic rings. The first-order valence-electron chi connectivity index (χ1n) is 8.34. The zero-order valence-electron chi connectivity index (χ0n) is 15.6. The molecule has 3 heterocycles. The number of hydrogen-bond donors (Lipinski definition) is 4. The molecule has 2 aliphatic heterocycles. The molecule has 0 radical (unpaired) electrons. The number of carbonyl (C=O) groups is 3. The molecule has 1 unspecified atom stereocenters. The average Bonchev–Trinajstić information content (AvgIpc) is 3.11. The van der Waals surface area contributed by atoms with Crippen LogP contribution in [0.15, 0.2) is 21.3 Å². The number of anilines is 1. The van der Waals surface area contributed by atoms with Crippen LogP contribution < -0.4 is 16.8 Å². The van der Waals surface area contributed by atoms with Gasteiger partial charge in [0.15, 0.2) is 10.8 Å². The van der Waals surface area contributed by atoms with Crippen LogP contribution in [0, 0.1) is 0 Å². The van der Waals surface area contributed by atoms with Crippen LogP contribution in [0.25, 0.3) is 0 Å². The Morgan fingerprint density at radius 1 is 1.45 bits per heavy atom. The van der Waals surface area contributed by atoms with Crippen LogP contribution in [0.2, 0.25) is 0 Å². The van der Waals surface area contributed by atoms with E-state index in [9.17, 15) is 19.5 Å². The summed E-state index contributed by atoms with van der Waals surface area (Å²) in [6, 6.07) is -0.933. The Morgan fingerprint density at radius 3 is 2.74 bits per heavy atom. The lowest BCUT2D eigenvalue weighted by molar-refractivity contribution is -0.150. The number of thioether (sulfide) groups is 1. The molecule has 31 heavy (non-hydrogen) atoms. The second-order valence-electron chi connectivity index (χ2n) is 5.91. The van der Waals surface area contributed by atoms with E-state index in [1.54, 1.807) is 0 Å². The molecule has 2 amide bonds. The van der Waals surface area contributed by atoms with Crippen molar-refractivity contribution in [1.29, 1.82) is 0 Å². The third kappa shape index (κ3) is 5.73. The standard InChI is InChI=1S/C15H17ClN6O5S2.2ClH/c16-6-4-28-13-9(12(24)22(13)10(6)14(25)26)20-11(23)8(21-27-3-1-2-17)7-5-29-15(18)19-7;;/h5,9,13H,1-4,17H2,(H2,18,19)(H,20,23)(H,25,26);2*1H/t9?,13-;;/m1../s1. The van der Waals surface area contributed by atoms with Crippen LogP contribution in [0.4, 0.5) is 5.13 Å². The zero-order chi connectivity index (χ0) is 21.1. The van der Waals surface area contributed by atoms with Crippen LogP contribution in [0.5, 0.6) is 0 Å². The van der Waals surface area contributed by atoms with Crippen molar-refractivity contribution in [2.45, 2.75) is 17.8 Å². The Balaban J connectivity index is 0.00000240. The molecule has 172 valence electrons. The topological polar surface area (TPSA) is 173 Å². The second kappa shape index (κ2) is 11.7.